The lowest BCUT2D eigenvalue weighted by atomic mass is 10.1. The number of hydrogen-bond acceptors (Lipinski definition) is 4. The van der Waals surface area contributed by atoms with Crippen LogP contribution in [0.3, 0.4) is 0 Å². The molecule has 2 heterocycles. The lowest BCUT2D eigenvalue weighted by molar-refractivity contribution is 0.181. The first-order valence-electron chi connectivity index (χ1n) is 6.66. The predicted octanol–water partition coefficient (Wildman–Crippen LogP) is 1.97. The summed E-state index contributed by atoms with van der Waals surface area (Å²) in [6.45, 7) is 4.23. The Bertz CT molecular complexity index is 573. The zero-order valence-electron chi connectivity index (χ0n) is 11.3. The number of halogens is 1. The molecule has 0 spiro atoms. The number of hydrogen-bond donors (Lipinski definition) is 1. The Morgan fingerprint density at radius 1 is 1.45 bits per heavy atom. The van der Waals surface area contributed by atoms with Gasteiger partial charge in [0.25, 0.3) is 0 Å². The van der Waals surface area contributed by atoms with Gasteiger partial charge in [-0.25, -0.2) is 4.68 Å². The van der Waals surface area contributed by atoms with Crippen molar-refractivity contribution in [2.45, 2.75) is 25.6 Å². The molecule has 106 valence electrons. The highest BCUT2D eigenvalue weighted by atomic mass is 35.5. The minimum atomic E-state index is 0.199. The minimum Gasteiger partial charge on any atom is -0.377 e. The summed E-state index contributed by atoms with van der Waals surface area (Å²) in [5.74, 6) is 0. The van der Waals surface area contributed by atoms with Crippen molar-refractivity contribution in [2.24, 2.45) is 0 Å². The molecule has 6 heteroatoms. The third-order valence-electron chi connectivity index (χ3n) is 3.69. The molecule has 0 unspecified atom stereocenters. The second kappa shape index (κ2) is 5.91. The third-order valence-corrected chi connectivity index (χ3v) is 3.93. The van der Waals surface area contributed by atoms with Crippen LogP contribution in [0.4, 0.5) is 0 Å². The fraction of sp³-hybridized carbons (Fsp3) is 0.429. The van der Waals surface area contributed by atoms with Crippen LogP contribution in [0.25, 0.3) is 0 Å². The molecule has 2 aromatic rings. The van der Waals surface area contributed by atoms with Crippen LogP contribution in [0.1, 0.15) is 17.2 Å². The van der Waals surface area contributed by atoms with Crippen molar-refractivity contribution in [1.29, 1.82) is 0 Å². The van der Waals surface area contributed by atoms with Gasteiger partial charge in [-0.2, -0.15) is 0 Å². The fourth-order valence-electron chi connectivity index (χ4n) is 2.49. The van der Waals surface area contributed by atoms with Gasteiger partial charge < -0.3 is 10.1 Å². The highest BCUT2D eigenvalue weighted by Crippen LogP contribution is 2.20. The fourth-order valence-corrected chi connectivity index (χ4v) is 2.72. The number of benzene rings is 1. The van der Waals surface area contributed by atoms with E-state index in [1.54, 1.807) is 6.20 Å². The molecular formula is C14H17ClN4O. The van der Waals surface area contributed by atoms with Crippen molar-refractivity contribution >= 4 is 11.6 Å². The first-order chi connectivity index (χ1) is 9.74. The summed E-state index contributed by atoms with van der Waals surface area (Å²) in [5.41, 5.74) is 2.44. The number of nitrogens with one attached hydrogen (secondary N) is 1. The number of aryl methyl sites for hydroxylation is 1. The van der Waals surface area contributed by atoms with Crippen LogP contribution in [0.2, 0.25) is 5.02 Å². The van der Waals surface area contributed by atoms with E-state index in [-0.39, 0.29) is 12.1 Å². The van der Waals surface area contributed by atoms with Gasteiger partial charge in [0.05, 0.1) is 31.5 Å². The maximum absolute atomic E-state index is 5.98. The summed E-state index contributed by atoms with van der Waals surface area (Å²) in [4.78, 5) is 0. The van der Waals surface area contributed by atoms with Crippen LogP contribution in [0.5, 0.6) is 0 Å². The Morgan fingerprint density at radius 2 is 2.35 bits per heavy atom. The van der Waals surface area contributed by atoms with Gasteiger partial charge in [0.2, 0.25) is 0 Å². The van der Waals surface area contributed by atoms with Gasteiger partial charge in [-0.05, 0) is 30.2 Å². The van der Waals surface area contributed by atoms with Crippen molar-refractivity contribution in [3.8, 4) is 0 Å². The van der Waals surface area contributed by atoms with Crippen LogP contribution < -0.4 is 5.32 Å². The molecule has 1 saturated heterocycles. The van der Waals surface area contributed by atoms with Crippen LogP contribution in [-0.4, -0.2) is 34.2 Å². The van der Waals surface area contributed by atoms with Crippen LogP contribution in [0.15, 0.2) is 30.6 Å². The lowest BCUT2D eigenvalue weighted by Gasteiger charge is -2.19. The first-order valence-corrected chi connectivity index (χ1v) is 7.04. The topological polar surface area (TPSA) is 52.0 Å². The van der Waals surface area contributed by atoms with Gasteiger partial charge in [0.15, 0.2) is 0 Å². The van der Waals surface area contributed by atoms with E-state index in [1.165, 1.54) is 11.1 Å². The van der Waals surface area contributed by atoms with Crippen molar-refractivity contribution in [3.05, 3.63) is 46.7 Å². The van der Waals surface area contributed by atoms with E-state index >= 15 is 0 Å². The van der Waals surface area contributed by atoms with Crippen molar-refractivity contribution < 1.29 is 4.74 Å². The Kier molecular flexibility index (Phi) is 4.00. The van der Waals surface area contributed by atoms with Gasteiger partial charge in [0.1, 0.15) is 0 Å². The SMILES string of the molecule is Cc1cc(Cl)ccc1CN[C@H]1COC[C@H]1n1ccnn1. The number of aromatic nitrogens is 3. The van der Waals surface area contributed by atoms with Gasteiger partial charge in [-0.3, -0.25) is 0 Å². The molecule has 1 aliphatic heterocycles. The summed E-state index contributed by atoms with van der Waals surface area (Å²) in [5, 5.41) is 12.2. The van der Waals surface area contributed by atoms with Crippen LogP contribution in [-0.2, 0) is 11.3 Å². The quantitative estimate of drug-likeness (QED) is 0.936. The Balaban J connectivity index is 1.65. The molecule has 1 aromatic heterocycles. The monoisotopic (exact) mass is 292 g/mol. The largest absolute Gasteiger partial charge is 0.377 e. The molecule has 0 bridgehead atoms. The van der Waals surface area contributed by atoms with E-state index in [2.05, 4.69) is 28.6 Å². The number of rotatable bonds is 4. The van der Waals surface area contributed by atoms with E-state index in [9.17, 15) is 0 Å². The molecule has 0 saturated carbocycles. The van der Waals surface area contributed by atoms with Gasteiger partial charge in [0, 0.05) is 17.8 Å². The molecule has 20 heavy (non-hydrogen) atoms. The molecule has 1 aromatic carbocycles. The molecule has 2 atom stereocenters. The van der Waals surface area contributed by atoms with E-state index in [0.717, 1.165) is 11.6 Å². The van der Waals surface area contributed by atoms with Gasteiger partial charge in [-0.1, -0.05) is 22.9 Å². The summed E-state index contributed by atoms with van der Waals surface area (Å²) in [6, 6.07) is 6.41. The van der Waals surface area contributed by atoms with Crippen LogP contribution in [0, 0.1) is 6.92 Å². The van der Waals surface area contributed by atoms with E-state index in [4.69, 9.17) is 16.3 Å². The maximum atomic E-state index is 5.98. The number of nitrogens with zero attached hydrogens (tertiary/aromatic N) is 3. The maximum Gasteiger partial charge on any atom is 0.0945 e. The Hall–Kier alpha value is -1.43. The molecule has 0 aliphatic carbocycles. The molecule has 0 amide bonds. The predicted molar refractivity (Wildman–Crippen MR) is 76.7 cm³/mol. The van der Waals surface area contributed by atoms with Gasteiger partial charge in [-0.15, -0.1) is 5.10 Å². The average Bonchev–Trinajstić information content (AvgIpc) is 3.08. The normalized spacial score (nSPS) is 22.3. The zero-order chi connectivity index (χ0) is 13.9. The minimum absolute atomic E-state index is 0.199. The van der Waals surface area contributed by atoms with Crippen LogP contribution >= 0.6 is 11.6 Å². The average molecular weight is 293 g/mol. The molecule has 5 nitrogen and oxygen atoms in total. The molecule has 1 N–H and O–H groups in total. The summed E-state index contributed by atoms with van der Waals surface area (Å²) >= 11 is 5.98. The van der Waals surface area contributed by atoms with Gasteiger partial charge >= 0.3 is 0 Å². The second-order valence-corrected chi connectivity index (χ2v) is 5.48. The highest BCUT2D eigenvalue weighted by molar-refractivity contribution is 6.30. The smallest absolute Gasteiger partial charge is 0.0945 e. The lowest BCUT2D eigenvalue weighted by Crippen LogP contribution is -2.36. The van der Waals surface area contributed by atoms with Crippen molar-refractivity contribution in [1.82, 2.24) is 20.3 Å². The third kappa shape index (κ3) is 2.85. The zero-order valence-corrected chi connectivity index (χ0v) is 12.0. The van der Waals surface area contributed by atoms with E-state index < -0.39 is 0 Å². The molecule has 3 rings (SSSR count). The first kappa shape index (κ1) is 13.5. The molecular weight excluding hydrogens is 276 g/mol. The standard InChI is InChI=1S/C14H17ClN4O/c1-10-6-12(15)3-2-11(10)7-16-13-8-20-9-14(13)19-5-4-17-18-19/h2-6,13-14,16H,7-9H2,1H3/t13-,14+/m0/s1. The summed E-state index contributed by atoms with van der Waals surface area (Å²) in [7, 11) is 0. The summed E-state index contributed by atoms with van der Waals surface area (Å²) < 4.78 is 7.42. The second-order valence-electron chi connectivity index (χ2n) is 5.05. The summed E-state index contributed by atoms with van der Waals surface area (Å²) in [6.07, 6.45) is 3.57. The highest BCUT2D eigenvalue weighted by Gasteiger charge is 2.29. The Labute approximate surface area is 122 Å². The number of ether oxygens (including phenoxy) is 1. The van der Waals surface area contributed by atoms with E-state index in [0.29, 0.717) is 13.2 Å². The van der Waals surface area contributed by atoms with E-state index in [1.807, 2.05) is 23.0 Å². The van der Waals surface area contributed by atoms with Crippen molar-refractivity contribution in [2.75, 3.05) is 13.2 Å². The van der Waals surface area contributed by atoms with Crippen molar-refractivity contribution in [3.63, 3.8) is 0 Å². The molecule has 1 aliphatic rings. The molecule has 1 fully saturated rings. The Morgan fingerprint density at radius 3 is 3.10 bits per heavy atom. The molecule has 0 radical (unpaired) electrons.